The number of carbonyl (C=O) groups excluding carboxylic acids is 1. The number of benzene rings is 2. The number of carbonyl (C=O) groups is 1. The lowest BCUT2D eigenvalue weighted by Gasteiger charge is -2.38. The summed E-state index contributed by atoms with van der Waals surface area (Å²) in [5.41, 5.74) is 3.48. The van der Waals surface area contributed by atoms with E-state index >= 15 is 0 Å². The van der Waals surface area contributed by atoms with Crippen LogP contribution < -0.4 is 15.4 Å². The second kappa shape index (κ2) is 7.02. The van der Waals surface area contributed by atoms with Gasteiger partial charge in [0.1, 0.15) is 5.82 Å². The quantitative estimate of drug-likeness (QED) is 0.435. The molecule has 0 N–H and O–H groups in total. The molecule has 7 heteroatoms. The fourth-order valence-corrected chi connectivity index (χ4v) is 4.82. The number of piperazine rings is 1. The number of aromatic nitrogens is 3. The average Bonchev–Trinajstić information content (AvgIpc) is 3.12. The predicted molar refractivity (Wildman–Crippen MR) is 124 cm³/mol. The molecule has 0 atom stereocenters. The molecule has 0 bridgehead atoms. The third kappa shape index (κ3) is 2.67. The van der Waals surface area contributed by atoms with E-state index in [-0.39, 0.29) is 17.2 Å². The van der Waals surface area contributed by atoms with Crippen molar-refractivity contribution in [3.63, 3.8) is 0 Å². The number of para-hydroxylation sites is 1. The first kappa shape index (κ1) is 18.7. The molecule has 32 heavy (non-hydrogen) atoms. The first-order valence-corrected chi connectivity index (χ1v) is 10.7. The van der Waals surface area contributed by atoms with E-state index in [1.54, 1.807) is 18.3 Å². The van der Waals surface area contributed by atoms with Crippen LogP contribution in [0.4, 0.5) is 11.5 Å². The largest absolute Gasteiger partial charge is 0.367 e. The number of hydrogen-bond donors (Lipinski definition) is 0. The van der Waals surface area contributed by atoms with Crippen molar-refractivity contribution in [3.05, 3.63) is 88.1 Å². The normalized spacial score (nSPS) is 15.2. The summed E-state index contributed by atoms with van der Waals surface area (Å²) in [4.78, 5) is 40.3. The zero-order valence-electron chi connectivity index (χ0n) is 17.7. The molecule has 1 fully saturated rings. The van der Waals surface area contributed by atoms with Crippen LogP contribution in [0.1, 0.15) is 21.7 Å². The number of ketones is 1. The van der Waals surface area contributed by atoms with Crippen LogP contribution in [0.2, 0.25) is 0 Å². The first-order chi connectivity index (χ1) is 15.6. The highest BCUT2D eigenvalue weighted by Gasteiger charge is 2.35. The molecule has 0 amide bonds. The number of anilines is 2. The number of pyridine rings is 1. The van der Waals surface area contributed by atoms with Gasteiger partial charge in [0.25, 0.3) is 5.56 Å². The maximum Gasteiger partial charge on any atom is 0.266 e. The Morgan fingerprint density at radius 1 is 0.844 bits per heavy atom. The standard InChI is InChI=1S/C25H21N5O2/c1-16-9-10-19-21(22(16)29-14-12-28(13-15-29)20-8-4-5-11-26-20)23(31)24-27-18-7-3-2-6-17(18)25(32)30(19)24/h2-11H,12-15H2,1H3. The zero-order valence-corrected chi connectivity index (χ0v) is 17.7. The Labute approximate surface area is 184 Å². The monoisotopic (exact) mass is 423 g/mol. The van der Waals surface area contributed by atoms with Crippen molar-refractivity contribution in [2.75, 3.05) is 36.0 Å². The van der Waals surface area contributed by atoms with E-state index in [0.717, 1.165) is 43.2 Å². The van der Waals surface area contributed by atoms with E-state index in [9.17, 15) is 9.59 Å². The molecular weight excluding hydrogens is 402 g/mol. The van der Waals surface area contributed by atoms with E-state index < -0.39 is 0 Å². The number of aryl methyl sites for hydroxylation is 1. The Morgan fingerprint density at radius 2 is 1.59 bits per heavy atom. The molecule has 0 radical (unpaired) electrons. The van der Waals surface area contributed by atoms with Crippen LogP contribution in [0.15, 0.2) is 65.6 Å². The minimum Gasteiger partial charge on any atom is -0.367 e. The van der Waals surface area contributed by atoms with Crippen LogP contribution in [0.5, 0.6) is 0 Å². The zero-order chi connectivity index (χ0) is 21.8. The van der Waals surface area contributed by atoms with Gasteiger partial charge in [0, 0.05) is 32.4 Å². The van der Waals surface area contributed by atoms with Gasteiger partial charge >= 0.3 is 0 Å². The van der Waals surface area contributed by atoms with Gasteiger partial charge in [0.15, 0.2) is 5.82 Å². The van der Waals surface area contributed by atoms with E-state index in [1.165, 1.54) is 4.57 Å². The van der Waals surface area contributed by atoms with Crippen molar-refractivity contribution in [1.82, 2.24) is 14.5 Å². The molecule has 7 nitrogen and oxygen atoms in total. The summed E-state index contributed by atoms with van der Waals surface area (Å²) in [5, 5.41) is 0.517. The summed E-state index contributed by atoms with van der Waals surface area (Å²) in [5.74, 6) is 0.976. The van der Waals surface area contributed by atoms with Crippen LogP contribution in [-0.2, 0) is 0 Å². The number of hydrogen-bond acceptors (Lipinski definition) is 6. The van der Waals surface area contributed by atoms with Gasteiger partial charge in [-0.15, -0.1) is 0 Å². The first-order valence-electron chi connectivity index (χ1n) is 10.7. The van der Waals surface area contributed by atoms with Crippen molar-refractivity contribution in [1.29, 1.82) is 0 Å². The fourth-order valence-electron chi connectivity index (χ4n) is 4.82. The SMILES string of the molecule is Cc1ccc2c(c1N1CCN(c3ccccn3)CC1)C(=O)c1nc3ccccc3c(=O)n1-2. The summed E-state index contributed by atoms with van der Waals surface area (Å²) < 4.78 is 1.48. The fraction of sp³-hybridized carbons (Fsp3) is 0.200. The maximum absolute atomic E-state index is 13.5. The van der Waals surface area contributed by atoms with Gasteiger partial charge in [0.2, 0.25) is 5.78 Å². The third-order valence-electron chi connectivity index (χ3n) is 6.37. The molecule has 1 saturated heterocycles. The van der Waals surface area contributed by atoms with Crippen LogP contribution in [0.3, 0.4) is 0 Å². The lowest BCUT2D eigenvalue weighted by molar-refractivity contribution is 0.103. The van der Waals surface area contributed by atoms with Gasteiger partial charge < -0.3 is 9.80 Å². The summed E-state index contributed by atoms with van der Waals surface area (Å²) in [7, 11) is 0. The lowest BCUT2D eigenvalue weighted by Crippen LogP contribution is -2.47. The van der Waals surface area contributed by atoms with Crippen molar-refractivity contribution >= 4 is 28.2 Å². The average molecular weight is 423 g/mol. The highest BCUT2D eigenvalue weighted by molar-refractivity contribution is 6.17. The summed E-state index contributed by atoms with van der Waals surface area (Å²) >= 11 is 0. The minimum absolute atomic E-state index is 0.186. The number of rotatable bonds is 2. The molecule has 0 aliphatic carbocycles. The van der Waals surface area contributed by atoms with Crippen molar-refractivity contribution in [2.45, 2.75) is 6.92 Å². The van der Waals surface area contributed by atoms with E-state index in [4.69, 9.17) is 0 Å². The van der Waals surface area contributed by atoms with E-state index in [2.05, 4.69) is 19.8 Å². The Kier molecular flexibility index (Phi) is 4.11. The number of fused-ring (bicyclic) bond motifs is 4. The molecule has 2 aromatic heterocycles. The van der Waals surface area contributed by atoms with Crippen molar-refractivity contribution in [3.8, 4) is 5.69 Å². The van der Waals surface area contributed by atoms with Crippen LogP contribution in [0.25, 0.3) is 16.6 Å². The molecule has 4 heterocycles. The second-order valence-corrected chi connectivity index (χ2v) is 8.21. The minimum atomic E-state index is -0.201. The molecule has 0 saturated carbocycles. The van der Waals surface area contributed by atoms with Crippen LogP contribution >= 0.6 is 0 Å². The van der Waals surface area contributed by atoms with Crippen molar-refractivity contribution in [2.24, 2.45) is 0 Å². The Hall–Kier alpha value is -4.00. The predicted octanol–water partition coefficient (Wildman–Crippen LogP) is 2.96. The second-order valence-electron chi connectivity index (χ2n) is 8.21. The van der Waals surface area contributed by atoms with Gasteiger partial charge in [-0.3, -0.25) is 14.2 Å². The van der Waals surface area contributed by atoms with Crippen LogP contribution in [0, 0.1) is 6.92 Å². The van der Waals surface area contributed by atoms with Gasteiger partial charge in [-0.1, -0.05) is 24.3 Å². The molecule has 6 rings (SSSR count). The van der Waals surface area contributed by atoms with E-state index in [1.807, 2.05) is 49.4 Å². The molecule has 4 aromatic rings. The molecule has 0 unspecified atom stereocenters. The topological polar surface area (TPSA) is 71.3 Å². The Bertz CT molecular complexity index is 1440. The Morgan fingerprint density at radius 3 is 2.38 bits per heavy atom. The molecule has 2 aromatic carbocycles. The maximum atomic E-state index is 13.5. The van der Waals surface area contributed by atoms with E-state index in [0.29, 0.717) is 22.2 Å². The molecular formula is C25H21N5O2. The van der Waals surface area contributed by atoms with Gasteiger partial charge in [-0.05, 0) is 42.8 Å². The summed E-state index contributed by atoms with van der Waals surface area (Å²) in [6.07, 6.45) is 1.81. The van der Waals surface area contributed by atoms with Gasteiger partial charge in [-0.2, -0.15) is 0 Å². The summed E-state index contributed by atoms with van der Waals surface area (Å²) in [6.45, 7) is 5.17. The smallest absolute Gasteiger partial charge is 0.266 e. The molecule has 158 valence electrons. The molecule has 2 aliphatic heterocycles. The van der Waals surface area contributed by atoms with Crippen LogP contribution in [-0.4, -0.2) is 46.5 Å². The van der Waals surface area contributed by atoms with Gasteiger partial charge in [-0.25, -0.2) is 9.97 Å². The number of nitrogens with zero attached hydrogens (tertiary/aromatic N) is 5. The Balaban J connectivity index is 1.42. The lowest BCUT2D eigenvalue weighted by atomic mass is 10.0. The highest BCUT2D eigenvalue weighted by atomic mass is 16.1. The van der Waals surface area contributed by atoms with Crippen molar-refractivity contribution < 1.29 is 4.79 Å². The van der Waals surface area contributed by atoms with Gasteiger partial charge in [0.05, 0.1) is 27.8 Å². The molecule has 2 aliphatic rings. The third-order valence-corrected chi connectivity index (χ3v) is 6.37. The summed E-state index contributed by atoms with van der Waals surface area (Å²) in [6, 6.07) is 17.0. The highest BCUT2D eigenvalue weighted by Crippen LogP contribution is 2.37. The molecule has 0 spiro atoms.